The molecule has 2 aromatic rings. The molecule has 106 valence electrons. The average Bonchev–Trinajstić information content (AvgIpc) is 3.10. The van der Waals surface area contributed by atoms with E-state index in [4.69, 9.17) is 0 Å². The van der Waals surface area contributed by atoms with E-state index in [-0.39, 0.29) is 11.8 Å². The van der Waals surface area contributed by atoms with Crippen molar-refractivity contribution in [3.63, 3.8) is 0 Å². The Labute approximate surface area is 130 Å². The van der Waals surface area contributed by atoms with Crippen LogP contribution in [-0.2, 0) is 4.79 Å². The van der Waals surface area contributed by atoms with Crippen molar-refractivity contribution in [1.29, 1.82) is 5.26 Å². The molecule has 2 aromatic heterocycles. The Kier molecular flexibility index (Phi) is 3.71. The predicted octanol–water partition coefficient (Wildman–Crippen LogP) is 1.89. The third kappa shape index (κ3) is 2.43. The van der Waals surface area contributed by atoms with Gasteiger partial charge in [0.15, 0.2) is 11.6 Å². The number of anilines is 1. The van der Waals surface area contributed by atoms with Crippen LogP contribution in [0.4, 0.5) is 5.82 Å². The van der Waals surface area contributed by atoms with Gasteiger partial charge in [0, 0.05) is 24.5 Å². The van der Waals surface area contributed by atoms with E-state index in [0.29, 0.717) is 30.2 Å². The second kappa shape index (κ2) is 5.66. The van der Waals surface area contributed by atoms with Crippen LogP contribution < -0.4 is 4.90 Å². The van der Waals surface area contributed by atoms with Crippen LogP contribution in [0.2, 0.25) is 0 Å². The minimum absolute atomic E-state index is 0.00799. The molecule has 7 heteroatoms. The number of nitrogens with zero attached hydrogens (tertiary/aromatic N) is 5. The number of nitriles is 1. The van der Waals surface area contributed by atoms with Crippen molar-refractivity contribution in [2.45, 2.75) is 6.42 Å². The number of pyridine rings is 1. The van der Waals surface area contributed by atoms with Gasteiger partial charge in [-0.25, -0.2) is 4.98 Å². The number of alkyl halides is 1. The lowest BCUT2D eigenvalue weighted by Gasteiger charge is -2.18. The highest BCUT2D eigenvalue weighted by molar-refractivity contribution is 9.09. The number of rotatable bonds is 3. The zero-order valence-corrected chi connectivity index (χ0v) is 12.7. The van der Waals surface area contributed by atoms with Crippen LogP contribution >= 0.6 is 15.9 Å². The van der Waals surface area contributed by atoms with Gasteiger partial charge in [-0.3, -0.25) is 9.69 Å². The summed E-state index contributed by atoms with van der Waals surface area (Å²) in [6.07, 6.45) is 3.60. The Morgan fingerprint density at radius 3 is 2.95 bits per heavy atom. The van der Waals surface area contributed by atoms with Gasteiger partial charge in [0.05, 0.1) is 6.20 Å². The van der Waals surface area contributed by atoms with E-state index in [0.717, 1.165) is 5.33 Å². The fourth-order valence-corrected chi connectivity index (χ4v) is 2.85. The maximum atomic E-state index is 12.2. The molecule has 3 rings (SSSR count). The zero-order chi connectivity index (χ0) is 14.8. The summed E-state index contributed by atoms with van der Waals surface area (Å²) < 4.78 is 1.55. The second-order valence-corrected chi connectivity index (χ2v) is 5.47. The van der Waals surface area contributed by atoms with E-state index in [1.165, 1.54) is 6.20 Å². The highest BCUT2D eigenvalue weighted by atomic mass is 79.9. The summed E-state index contributed by atoms with van der Waals surface area (Å²) in [5.74, 6) is 1.35. The number of hydrogen-bond donors (Lipinski definition) is 0. The summed E-state index contributed by atoms with van der Waals surface area (Å²) in [5, 5.41) is 14.2. The molecule has 0 radical (unpaired) electrons. The Hall–Kier alpha value is -2.20. The van der Waals surface area contributed by atoms with Crippen molar-refractivity contribution >= 4 is 27.7 Å². The first-order chi connectivity index (χ1) is 10.2. The molecule has 1 fully saturated rings. The summed E-state index contributed by atoms with van der Waals surface area (Å²) in [4.78, 5) is 18.1. The first-order valence-corrected chi connectivity index (χ1v) is 7.62. The summed E-state index contributed by atoms with van der Waals surface area (Å²) in [6, 6.07) is 7.54. The van der Waals surface area contributed by atoms with Gasteiger partial charge in [0.25, 0.3) is 0 Å². The maximum absolute atomic E-state index is 12.2. The smallest absolute Gasteiger partial charge is 0.228 e. The lowest BCUT2D eigenvalue weighted by atomic mass is 10.2. The molecule has 0 aromatic carbocycles. The standard InChI is InChI=1S/C14H12BrN5O/c15-6-10-5-13(21)19(9-10)14-11(7-16)8-18-20(14)12-3-1-2-4-17-12/h1-4,8,10H,5-6,9H2. The molecule has 0 aliphatic carbocycles. The molecule has 1 aliphatic rings. The highest BCUT2D eigenvalue weighted by Crippen LogP contribution is 2.30. The van der Waals surface area contributed by atoms with Gasteiger partial charge in [0.1, 0.15) is 11.6 Å². The summed E-state index contributed by atoms with van der Waals surface area (Å²) in [5.41, 5.74) is 0.379. The number of halogens is 1. The van der Waals surface area contributed by atoms with Gasteiger partial charge in [-0.15, -0.1) is 0 Å². The van der Waals surface area contributed by atoms with Crippen molar-refractivity contribution in [2.75, 3.05) is 16.8 Å². The molecular formula is C14H12BrN5O. The number of amides is 1. The number of hydrogen-bond acceptors (Lipinski definition) is 4. The van der Waals surface area contributed by atoms with Gasteiger partial charge in [-0.2, -0.15) is 15.0 Å². The van der Waals surface area contributed by atoms with Crippen molar-refractivity contribution in [3.05, 3.63) is 36.2 Å². The number of carbonyl (C=O) groups excluding carboxylic acids is 1. The first kappa shape index (κ1) is 13.8. The topological polar surface area (TPSA) is 74.8 Å². The molecule has 0 spiro atoms. The van der Waals surface area contributed by atoms with Crippen LogP contribution in [0.1, 0.15) is 12.0 Å². The SMILES string of the molecule is N#Cc1cnn(-c2ccccn2)c1N1CC(CBr)CC1=O. The van der Waals surface area contributed by atoms with E-state index >= 15 is 0 Å². The summed E-state index contributed by atoms with van der Waals surface area (Å²) >= 11 is 3.41. The Morgan fingerprint density at radius 2 is 2.33 bits per heavy atom. The van der Waals surface area contributed by atoms with E-state index in [2.05, 4.69) is 32.1 Å². The molecule has 0 N–H and O–H groups in total. The first-order valence-electron chi connectivity index (χ1n) is 6.50. The maximum Gasteiger partial charge on any atom is 0.228 e. The highest BCUT2D eigenvalue weighted by Gasteiger charge is 2.34. The molecule has 21 heavy (non-hydrogen) atoms. The Bertz CT molecular complexity index is 706. The number of aromatic nitrogens is 3. The van der Waals surface area contributed by atoms with Gasteiger partial charge in [0.2, 0.25) is 5.91 Å². The minimum Gasteiger partial charge on any atom is -0.295 e. The third-order valence-electron chi connectivity index (χ3n) is 3.41. The molecule has 1 saturated heterocycles. The fourth-order valence-electron chi connectivity index (χ4n) is 2.42. The van der Waals surface area contributed by atoms with Crippen LogP contribution in [0.25, 0.3) is 5.82 Å². The predicted molar refractivity (Wildman–Crippen MR) is 80.3 cm³/mol. The molecule has 0 bridgehead atoms. The third-order valence-corrected chi connectivity index (χ3v) is 4.33. The molecule has 1 atom stereocenters. The molecule has 1 unspecified atom stereocenters. The van der Waals surface area contributed by atoms with Gasteiger partial charge in [-0.05, 0) is 18.1 Å². The zero-order valence-electron chi connectivity index (χ0n) is 11.1. The fraction of sp³-hybridized carbons (Fsp3) is 0.286. The van der Waals surface area contributed by atoms with Crippen molar-refractivity contribution in [1.82, 2.24) is 14.8 Å². The van der Waals surface area contributed by atoms with E-state index in [1.807, 2.05) is 6.07 Å². The largest absolute Gasteiger partial charge is 0.295 e. The van der Waals surface area contributed by atoms with E-state index in [9.17, 15) is 10.1 Å². The van der Waals surface area contributed by atoms with Crippen LogP contribution in [0.15, 0.2) is 30.6 Å². The molecular weight excluding hydrogens is 334 g/mol. The summed E-state index contributed by atoms with van der Waals surface area (Å²) in [6.45, 7) is 0.581. The molecule has 1 amide bonds. The summed E-state index contributed by atoms with van der Waals surface area (Å²) in [7, 11) is 0. The second-order valence-electron chi connectivity index (χ2n) is 4.82. The molecule has 3 heterocycles. The van der Waals surface area contributed by atoms with Gasteiger partial charge in [-0.1, -0.05) is 22.0 Å². The van der Waals surface area contributed by atoms with E-state index in [1.54, 1.807) is 27.9 Å². The van der Waals surface area contributed by atoms with Crippen LogP contribution in [0.3, 0.4) is 0 Å². The quantitative estimate of drug-likeness (QED) is 0.796. The van der Waals surface area contributed by atoms with Crippen LogP contribution in [-0.4, -0.2) is 32.5 Å². The van der Waals surface area contributed by atoms with Crippen molar-refractivity contribution in [3.8, 4) is 11.9 Å². The molecule has 1 aliphatic heterocycles. The van der Waals surface area contributed by atoms with E-state index < -0.39 is 0 Å². The minimum atomic E-state index is 0.00799. The van der Waals surface area contributed by atoms with Crippen molar-refractivity contribution in [2.24, 2.45) is 5.92 Å². The lowest BCUT2D eigenvalue weighted by molar-refractivity contribution is -0.117. The molecule has 6 nitrogen and oxygen atoms in total. The van der Waals surface area contributed by atoms with Gasteiger partial charge < -0.3 is 0 Å². The Balaban J connectivity index is 2.08. The molecule has 0 saturated carbocycles. The van der Waals surface area contributed by atoms with Crippen LogP contribution in [0, 0.1) is 17.2 Å². The lowest BCUT2D eigenvalue weighted by Crippen LogP contribution is -2.28. The normalized spacial score (nSPS) is 18.0. The average molecular weight is 346 g/mol. The van der Waals surface area contributed by atoms with Crippen LogP contribution in [0.5, 0.6) is 0 Å². The van der Waals surface area contributed by atoms with Crippen molar-refractivity contribution < 1.29 is 4.79 Å². The monoisotopic (exact) mass is 345 g/mol. The van der Waals surface area contributed by atoms with Gasteiger partial charge >= 0.3 is 0 Å². The number of carbonyl (C=O) groups is 1. The Morgan fingerprint density at radius 1 is 1.48 bits per heavy atom.